The summed E-state index contributed by atoms with van der Waals surface area (Å²) in [6.07, 6.45) is 1.27. The van der Waals surface area contributed by atoms with Gasteiger partial charge in [-0.1, -0.05) is 41.4 Å². The van der Waals surface area contributed by atoms with Gasteiger partial charge in [0.1, 0.15) is 24.1 Å². The Labute approximate surface area is 197 Å². The van der Waals surface area contributed by atoms with Gasteiger partial charge in [0, 0.05) is 17.8 Å². The van der Waals surface area contributed by atoms with Gasteiger partial charge in [0.25, 0.3) is 11.6 Å². The molecule has 0 spiro atoms. The molecule has 0 saturated carbocycles. The Hall–Kier alpha value is -3.93. The fourth-order valence-electron chi connectivity index (χ4n) is 2.75. The highest BCUT2D eigenvalue weighted by Gasteiger charge is 2.14. The predicted molar refractivity (Wildman–Crippen MR) is 123 cm³/mol. The zero-order chi connectivity index (χ0) is 24.0. The highest BCUT2D eigenvalue weighted by molar-refractivity contribution is 6.37. The Morgan fingerprint density at radius 1 is 1.15 bits per heavy atom. The van der Waals surface area contributed by atoms with Crippen molar-refractivity contribution in [3.8, 4) is 11.8 Å². The minimum absolute atomic E-state index is 0.101. The molecule has 10 heteroatoms. The van der Waals surface area contributed by atoms with E-state index in [2.05, 4.69) is 5.32 Å². The molecule has 0 radical (unpaired) electrons. The molecule has 33 heavy (non-hydrogen) atoms. The number of anilines is 1. The number of non-ortho nitro benzene ring substituents is 1. The number of hydrogen-bond donors (Lipinski definition) is 1. The van der Waals surface area contributed by atoms with Crippen molar-refractivity contribution < 1.29 is 18.8 Å². The smallest absolute Gasteiger partial charge is 0.271 e. The number of halogens is 3. The Morgan fingerprint density at radius 2 is 1.82 bits per heavy atom. The van der Waals surface area contributed by atoms with Gasteiger partial charge in [-0.25, -0.2) is 4.39 Å². The lowest BCUT2D eigenvalue weighted by Crippen LogP contribution is -2.13. The first-order valence-electron chi connectivity index (χ1n) is 9.30. The monoisotopic (exact) mass is 485 g/mol. The Balaban J connectivity index is 1.77. The van der Waals surface area contributed by atoms with Gasteiger partial charge in [-0.2, -0.15) is 5.26 Å². The van der Waals surface area contributed by atoms with Crippen LogP contribution in [-0.2, 0) is 11.4 Å². The highest BCUT2D eigenvalue weighted by Crippen LogP contribution is 2.35. The second-order valence-electron chi connectivity index (χ2n) is 6.66. The molecule has 0 aromatic heterocycles. The van der Waals surface area contributed by atoms with Crippen LogP contribution in [0.15, 0.2) is 66.2 Å². The van der Waals surface area contributed by atoms with Crippen molar-refractivity contribution in [2.45, 2.75) is 6.61 Å². The number of nitro groups is 1. The van der Waals surface area contributed by atoms with Crippen molar-refractivity contribution >= 4 is 46.6 Å². The lowest BCUT2D eigenvalue weighted by atomic mass is 10.1. The number of carbonyl (C=O) groups excluding carboxylic acids is 1. The summed E-state index contributed by atoms with van der Waals surface area (Å²) >= 11 is 12.5. The van der Waals surface area contributed by atoms with Crippen molar-refractivity contribution in [1.29, 1.82) is 5.26 Å². The summed E-state index contributed by atoms with van der Waals surface area (Å²) < 4.78 is 18.6. The summed E-state index contributed by atoms with van der Waals surface area (Å²) in [5, 5.41) is 23.0. The average Bonchev–Trinajstić information content (AvgIpc) is 2.78. The topological polar surface area (TPSA) is 105 Å². The summed E-state index contributed by atoms with van der Waals surface area (Å²) in [6.45, 7) is 0.101. The molecule has 1 amide bonds. The Bertz CT molecular complexity index is 1260. The maximum Gasteiger partial charge on any atom is 0.271 e. The number of nitrogens with zero attached hydrogens (tertiary/aromatic N) is 2. The van der Waals surface area contributed by atoms with Gasteiger partial charge < -0.3 is 10.1 Å². The van der Waals surface area contributed by atoms with Gasteiger partial charge >= 0.3 is 0 Å². The second-order valence-corrected chi connectivity index (χ2v) is 7.47. The van der Waals surface area contributed by atoms with E-state index in [1.54, 1.807) is 18.2 Å². The summed E-state index contributed by atoms with van der Waals surface area (Å²) in [7, 11) is 0. The molecule has 0 unspecified atom stereocenters. The number of nitro benzene ring substituents is 1. The van der Waals surface area contributed by atoms with E-state index >= 15 is 0 Å². The normalized spacial score (nSPS) is 10.9. The van der Waals surface area contributed by atoms with Crippen LogP contribution >= 0.6 is 23.2 Å². The van der Waals surface area contributed by atoms with Crippen LogP contribution in [-0.4, -0.2) is 10.8 Å². The molecule has 3 rings (SSSR count). The zero-order valence-corrected chi connectivity index (χ0v) is 18.2. The van der Waals surface area contributed by atoms with E-state index in [4.69, 9.17) is 27.9 Å². The number of nitriles is 1. The minimum atomic E-state index is -0.762. The number of amides is 1. The average molecular weight is 486 g/mol. The molecule has 0 saturated heterocycles. The molecule has 0 heterocycles. The molecule has 166 valence electrons. The Morgan fingerprint density at radius 3 is 2.42 bits per heavy atom. The molecule has 0 fully saturated rings. The molecule has 0 aliphatic rings. The number of rotatable bonds is 7. The number of benzene rings is 3. The van der Waals surface area contributed by atoms with Gasteiger partial charge in [-0.15, -0.1) is 0 Å². The largest absolute Gasteiger partial charge is 0.486 e. The second kappa shape index (κ2) is 10.6. The van der Waals surface area contributed by atoms with Crippen LogP contribution in [0, 0.1) is 27.3 Å². The van der Waals surface area contributed by atoms with Gasteiger partial charge in [0.2, 0.25) is 0 Å². The van der Waals surface area contributed by atoms with Crippen LogP contribution in [0.1, 0.15) is 11.1 Å². The quantitative estimate of drug-likeness (QED) is 0.186. The molecule has 7 nitrogen and oxygen atoms in total. The molecule has 0 aliphatic carbocycles. The van der Waals surface area contributed by atoms with Crippen LogP contribution < -0.4 is 10.1 Å². The lowest BCUT2D eigenvalue weighted by Gasteiger charge is -2.11. The SMILES string of the molecule is N#C/C(=C\c1cc(Cl)c(OCc2ccc(F)cc2)c(Cl)c1)C(=O)Nc1cccc([N+](=O)[O-])c1. The third-order valence-electron chi connectivity index (χ3n) is 4.31. The van der Waals surface area contributed by atoms with Crippen LogP contribution in [0.5, 0.6) is 5.75 Å². The summed E-state index contributed by atoms with van der Waals surface area (Å²) in [5.41, 5.74) is 0.761. The van der Waals surface area contributed by atoms with Crippen molar-refractivity contribution in [3.05, 3.63) is 103 Å². The number of ether oxygens (including phenoxy) is 1. The van der Waals surface area contributed by atoms with Crippen molar-refractivity contribution in [3.63, 3.8) is 0 Å². The third-order valence-corrected chi connectivity index (χ3v) is 4.87. The van der Waals surface area contributed by atoms with Crippen molar-refractivity contribution in [2.75, 3.05) is 5.32 Å². The lowest BCUT2D eigenvalue weighted by molar-refractivity contribution is -0.384. The van der Waals surface area contributed by atoms with E-state index in [0.717, 1.165) is 0 Å². The maximum absolute atomic E-state index is 13.0. The Kier molecular flexibility index (Phi) is 7.61. The fraction of sp³-hybridized carbons (Fsp3) is 0.0435. The molecule has 0 bridgehead atoms. The molecular formula is C23H14Cl2FN3O4. The molecule has 0 aliphatic heterocycles. The summed E-state index contributed by atoms with van der Waals surface area (Å²) in [6, 6.07) is 15.8. The van der Waals surface area contributed by atoms with Crippen molar-refractivity contribution in [2.24, 2.45) is 0 Å². The first-order valence-corrected chi connectivity index (χ1v) is 10.1. The maximum atomic E-state index is 13.0. The van der Waals surface area contributed by atoms with Gasteiger partial charge in [-0.05, 0) is 47.5 Å². The summed E-state index contributed by atoms with van der Waals surface area (Å²) in [4.78, 5) is 22.7. The third kappa shape index (κ3) is 6.29. The first-order chi connectivity index (χ1) is 15.8. The van der Waals surface area contributed by atoms with E-state index in [1.807, 2.05) is 0 Å². The number of carbonyl (C=O) groups is 1. The molecule has 1 N–H and O–H groups in total. The number of nitrogens with one attached hydrogen (secondary N) is 1. The minimum Gasteiger partial charge on any atom is -0.486 e. The van der Waals surface area contributed by atoms with Crippen LogP contribution in [0.25, 0.3) is 6.08 Å². The van der Waals surface area contributed by atoms with E-state index in [9.17, 15) is 24.6 Å². The standard InChI is InChI=1S/C23H14Cl2FN3O4/c24-20-9-15(10-21(25)22(20)33-13-14-4-6-17(26)7-5-14)8-16(12-27)23(30)28-18-2-1-3-19(11-18)29(31)32/h1-11H,13H2,(H,28,30)/b16-8+. The van der Waals surface area contributed by atoms with Crippen molar-refractivity contribution in [1.82, 2.24) is 0 Å². The first kappa shape index (κ1) is 23.7. The van der Waals surface area contributed by atoms with E-state index in [1.165, 1.54) is 54.6 Å². The van der Waals surface area contributed by atoms with Crippen LogP contribution in [0.2, 0.25) is 10.0 Å². The van der Waals surface area contributed by atoms with E-state index in [-0.39, 0.29) is 45.2 Å². The van der Waals surface area contributed by atoms with Crippen LogP contribution in [0.3, 0.4) is 0 Å². The van der Waals surface area contributed by atoms with E-state index in [0.29, 0.717) is 11.1 Å². The zero-order valence-electron chi connectivity index (χ0n) is 16.7. The van der Waals surface area contributed by atoms with Gasteiger partial charge in [-0.3, -0.25) is 14.9 Å². The van der Waals surface area contributed by atoms with Gasteiger partial charge in [0.15, 0.2) is 5.75 Å². The fourth-order valence-corrected chi connectivity index (χ4v) is 3.36. The molecule has 3 aromatic carbocycles. The number of hydrogen-bond acceptors (Lipinski definition) is 5. The highest BCUT2D eigenvalue weighted by atomic mass is 35.5. The van der Waals surface area contributed by atoms with E-state index < -0.39 is 10.8 Å². The molecular weight excluding hydrogens is 472 g/mol. The van der Waals surface area contributed by atoms with Gasteiger partial charge in [0.05, 0.1) is 15.0 Å². The molecule has 3 aromatic rings. The summed E-state index contributed by atoms with van der Waals surface area (Å²) in [5.74, 6) is -0.935. The predicted octanol–water partition coefficient (Wildman–Crippen LogP) is 6.17. The molecule has 0 atom stereocenters. The van der Waals surface area contributed by atoms with Crippen LogP contribution in [0.4, 0.5) is 15.8 Å².